The fourth-order valence-corrected chi connectivity index (χ4v) is 3.91. The number of aliphatic carboxylic acids is 1. The Bertz CT molecular complexity index is 1110. The van der Waals surface area contributed by atoms with Gasteiger partial charge in [0.25, 0.3) is 0 Å². The van der Waals surface area contributed by atoms with Crippen LogP contribution in [0, 0.1) is 0 Å². The summed E-state index contributed by atoms with van der Waals surface area (Å²) < 4.78 is 13.7. The van der Waals surface area contributed by atoms with E-state index in [0.717, 1.165) is 24.3 Å². The van der Waals surface area contributed by atoms with E-state index in [9.17, 15) is 9.90 Å². The Hall–Kier alpha value is -3.31. The molecular formula is C26H27NO4. The summed E-state index contributed by atoms with van der Waals surface area (Å²) in [6, 6.07) is 24.4. The van der Waals surface area contributed by atoms with Crippen LogP contribution in [0.3, 0.4) is 0 Å². The first-order chi connectivity index (χ1) is 15.2. The van der Waals surface area contributed by atoms with Gasteiger partial charge in [-0.1, -0.05) is 55.5 Å². The van der Waals surface area contributed by atoms with E-state index in [1.54, 1.807) is 0 Å². The smallest absolute Gasteiger partial charge is 0.333 e. The van der Waals surface area contributed by atoms with E-state index in [-0.39, 0.29) is 0 Å². The quantitative estimate of drug-likeness (QED) is 0.381. The lowest BCUT2D eigenvalue weighted by molar-refractivity contribution is -0.150. The Morgan fingerprint density at radius 3 is 2.10 bits per heavy atom. The van der Waals surface area contributed by atoms with Crippen LogP contribution in [0.15, 0.2) is 72.8 Å². The van der Waals surface area contributed by atoms with Crippen LogP contribution < -0.4 is 4.74 Å². The molecule has 0 fully saturated rings. The summed E-state index contributed by atoms with van der Waals surface area (Å²) in [6.07, 6.45) is 0.321. The lowest BCUT2D eigenvalue weighted by atomic mass is 10.1. The summed E-state index contributed by atoms with van der Waals surface area (Å²) in [6.45, 7) is 3.69. The number of ether oxygens (including phenoxy) is 2. The summed E-state index contributed by atoms with van der Waals surface area (Å²) in [4.78, 5) is 11.4. The van der Waals surface area contributed by atoms with Gasteiger partial charge in [0.1, 0.15) is 12.4 Å². The highest BCUT2D eigenvalue weighted by Gasteiger charge is 2.18. The molecule has 0 aliphatic heterocycles. The lowest BCUT2D eigenvalue weighted by Gasteiger charge is -2.14. The molecule has 5 nitrogen and oxygen atoms in total. The Kier molecular flexibility index (Phi) is 6.53. The second-order valence-electron chi connectivity index (χ2n) is 7.58. The number of carbonyl (C=O) groups is 1. The van der Waals surface area contributed by atoms with Gasteiger partial charge in [0.05, 0.1) is 6.54 Å². The van der Waals surface area contributed by atoms with Crippen molar-refractivity contribution in [1.29, 1.82) is 0 Å². The van der Waals surface area contributed by atoms with Gasteiger partial charge < -0.3 is 19.1 Å². The van der Waals surface area contributed by atoms with Gasteiger partial charge in [-0.2, -0.15) is 0 Å². The van der Waals surface area contributed by atoms with Crippen molar-refractivity contribution in [3.8, 4) is 5.75 Å². The van der Waals surface area contributed by atoms with E-state index in [0.29, 0.717) is 19.6 Å². The van der Waals surface area contributed by atoms with Crippen molar-refractivity contribution in [2.75, 3.05) is 13.2 Å². The van der Waals surface area contributed by atoms with E-state index >= 15 is 0 Å². The molecule has 5 heteroatoms. The predicted octanol–water partition coefficient (Wildman–Crippen LogP) is 5.30. The molecule has 3 aromatic carbocycles. The van der Waals surface area contributed by atoms with Crippen molar-refractivity contribution in [3.63, 3.8) is 0 Å². The Labute approximate surface area is 181 Å². The molecular weight excluding hydrogens is 390 g/mol. The average Bonchev–Trinajstić information content (AvgIpc) is 3.11. The molecule has 0 spiro atoms. The molecule has 0 saturated heterocycles. The summed E-state index contributed by atoms with van der Waals surface area (Å²) in [5.41, 5.74) is 3.32. The molecule has 0 bridgehead atoms. The maximum absolute atomic E-state index is 11.4. The Morgan fingerprint density at radius 2 is 1.52 bits per heavy atom. The topological polar surface area (TPSA) is 60.7 Å². The minimum atomic E-state index is -0.931. The molecule has 0 amide bonds. The zero-order valence-corrected chi connectivity index (χ0v) is 17.7. The van der Waals surface area contributed by atoms with Gasteiger partial charge in [-0.05, 0) is 36.2 Å². The highest BCUT2D eigenvalue weighted by molar-refractivity contribution is 6.07. The van der Waals surface area contributed by atoms with Gasteiger partial charge >= 0.3 is 5.97 Å². The molecule has 0 saturated carbocycles. The molecule has 160 valence electrons. The van der Waals surface area contributed by atoms with E-state index in [1.165, 1.54) is 21.8 Å². The second-order valence-corrected chi connectivity index (χ2v) is 7.58. The number of para-hydroxylation sites is 2. The minimum absolute atomic E-state index is 0.344. The third-order valence-corrected chi connectivity index (χ3v) is 5.41. The molecule has 0 radical (unpaired) electrons. The van der Waals surface area contributed by atoms with Gasteiger partial charge in [0.2, 0.25) is 0 Å². The van der Waals surface area contributed by atoms with Crippen molar-refractivity contribution < 1.29 is 19.4 Å². The third kappa shape index (κ3) is 4.72. The van der Waals surface area contributed by atoms with Gasteiger partial charge in [-0.15, -0.1) is 0 Å². The molecule has 0 unspecified atom stereocenters. The normalized spacial score (nSPS) is 12.3. The fourth-order valence-electron chi connectivity index (χ4n) is 3.91. The van der Waals surface area contributed by atoms with Crippen molar-refractivity contribution in [3.05, 3.63) is 78.4 Å². The van der Waals surface area contributed by atoms with Gasteiger partial charge in [0, 0.05) is 34.8 Å². The van der Waals surface area contributed by atoms with E-state index in [2.05, 4.69) is 53.1 Å². The number of carboxylic acid groups (broad SMARTS) is 1. The first-order valence-corrected chi connectivity index (χ1v) is 10.7. The molecule has 1 N–H and O–H groups in total. The monoisotopic (exact) mass is 417 g/mol. The second kappa shape index (κ2) is 9.67. The van der Waals surface area contributed by atoms with E-state index in [4.69, 9.17) is 9.47 Å². The van der Waals surface area contributed by atoms with E-state index in [1.807, 2.05) is 31.2 Å². The maximum Gasteiger partial charge on any atom is 0.333 e. The third-order valence-electron chi connectivity index (χ3n) is 5.41. The zero-order valence-electron chi connectivity index (χ0n) is 17.7. The summed E-state index contributed by atoms with van der Waals surface area (Å²) in [7, 11) is 0. The van der Waals surface area contributed by atoms with Crippen LogP contribution in [0.25, 0.3) is 21.8 Å². The number of fused-ring (bicyclic) bond motifs is 3. The zero-order chi connectivity index (χ0) is 21.6. The van der Waals surface area contributed by atoms with Gasteiger partial charge in [-0.25, -0.2) is 4.79 Å². The first kappa shape index (κ1) is 20.9. The van der Waals surface area contributed by atoms with Crippen LogP contribution >= 0.6 is 0 Å². The Balaban J connectivity index is 1.41. The molecule has 4 aromatic rings. The number of carboxylic acids is 1. The number of rotatable bonds is 10. The van der Waals surface area contributed by atoms with Crippen LogP contribution in [-0.2, 0) is 22.5 Å². The fraction of sp³-hybridized carbons (Fsp3) is 0.269. The predicted molar refractivity (Wildman–Crippen MR) is 123 cm³/mol. The van der Waals surface area contributed by atoms with Crippen LogP contribution in [0.2, 0.25) is 0 Å². The number of nitrogens with zero attached hydrogens (tertiary/aromatic N) is 1. The first-order valence-electron chi connectivity index (χ1n) is 10.7. The van der Waals surface area contributed by atoms with Crippen LogP contribution in [0.5, 0.6) is 5.75 Å². The molecule has 1 heterocycles. The Morgan fingerprint density at radius 1 is 0.903 bits per heavy atom. The van der Waals surface area contributed by atoms with Crippen LogP contribution in [0.1, 0.15) is 18.9 Å². The largest absolute Gasteiger partial charge is 0.492 e. The highest BCUT2D eigenvalue weighted by Crippen LogP contribution is 2.28. The summed E-state index contributed by atoms with van der Waals surface area (Å²) in [5.74, 6) is -0.161. The van der Waals surface area contributed by atoms with Crippen molar-refractivity contribution in [1.82, 2.24) is 4.57 Å². The van der Waals surface area contributed by atoms with Crippen molar-refractivity contribution >= 4 is 27.8 Å². The summed E-state index contributed by atoms with van der Waals surface area (Å²) >= 11 is 0. The number of aromatic nitrogens is 1. The van der Waals surface area contributed by atoms with Crippen molar-refractivity contribution in [2.24, 2.45) is 0 Å². The van der Waals surface area contributed by atoms with Gasteiger partial charge in [-0.3, -0.25) is 0 Å². The van der Waals surface area contributed by atoms with Gasteiger partial charge in [0.15, 0.2) is 6.10 Å². The minimum Gasteiger partial charge on any atom is -0.492 e. The molecule has 31 heavy (non-hydrogen) atoms. The highest BCUT2D eigenvalue weighted by atomic mass is 16.5. The maximum atomic E-state index is 11.4. The molecule has 0 aliphatic rings. The number of hydrogen-bond acceptors (Lipinski definition) is 3. The van der Waals surface area contributed by atoms with Crippen LogP contribution in [0.4, 0.5) is 0 Å². The number of hydrogen-bond donors (Lipinski definition) is 1. The molecule has 0 aliphatic carbocycles. The van der Waals surface area contributed by atoms with Crippen molar-refractivity contribution in [2.45, 2.75) is 32.4 Å². The lowest BCUT2D eigenvalue weighted by Crippen LogP contribution is -2.26. The SMILES string of the molecule is CCCO[C@@H](Cc1ccc(OCCn2c3ccccc3c3ccccc32)cc1)C(=O)O. The average molecular weight is 418 g/mol. The molecule has 4 rings (SSSR count). The van der Waals surface area contributed by atoms with Crippen LogP contribution in [-0.4, -0.2) is 35.0 Å². The summed E-state index contributed by atoms with van der Waals surface area (Å²) in [5, 5.41) is 11.8. The van der Waals surface area contributed by atoms with E-state index < -0.39 is 12.1 Å². The molecule has 1 aromatic heterocycles. The number of benzene rings is 3. The standard InChI is InChI=1S/C26H27NO4/c1-2-16-31-25(26(28)29)18-19-11-13-20(14-12-19)30-17-15-27-23-9-5-3-7-21(23)22-8-4-6-10-24(22)27/h3-14,25H,2,15-18H2,1H3,(H,28,29)/t25-/m0/s1. The molecule has 1 atom stereocenters.